The smallest absolute Gasteiger partial charge is 0.168 e. The Morgan fingerprint density at radius 1 is 1.06 bits per heavy atom. The molecule has 94 valence electrons. The van der Waals surface area contributed by atoms with Gasteiger partial charge in [-0.2, -0.15) is 0 Å². The Balaban J connectivity index is 0.000000771. The molecule has 0 spiro atoms. The van der Waals surface area contributed by atoms with Crippen molar-refractivity contribution in [2.75, 3.05) is 7.11 Å². The molecule has 1 heterocycles. The standard InChI is InChI=1S/C13H11NO2.C2H6/c1-16-13-4-2-10(3-5-13)11-6-7-14-12(8-11)9-15;1-2/h2-9H,1H3;1-2H3. The molecule has 0 bridgehead atoms. The largest absolute Gasteiger partial charge is 0.497 e. The van der Waals surface area contributed by atoms with Gasteiger partial charge in [0, 0.05) is 6.20 Å². The van der Waals surface area contributed by atoms with E-state index < -0.39 is 0 Å². The van der Waals surface area contributed by atoms with Crippen LogP contribution in [-0.4, -0.2) is 18.4 Å². The Hall–Kier alpha value is -2.16. The second kappa shape index (κ2) is 7.22. The number of hydrogen-bond donors (Lipinski definition) is 0. The fourth-order valence-electron chi connectivity index (χ4n) is 1.48. The molecule has 0 unspecified atom stereocenters. The van der Waals surface area contributed by atoms with Crippen LogP contribution in [0.15, 0.2) is 42.6 Å². The Morgan fingerprint density at radius 3 is 2.28 bits per heavy atom. The molecule has 0 aliphatic carbocycles. The second-order valence-electron chi connectivity index (χ2n) is 3.32. The Kier molecular flexibility index (Phi) is 5.58. The van der Waals surface area contributed by atoms with E-state index in [1.165, 1.54) is 0 Å². The normalized spacial score (nSPS) is 9.06. The molecule has 0 radical (unpaired) electrons. The predicted octanol–water partition coefficient (Wildman–Crippen LogP) is 3.60. The van der Waals surface area contributed by atoms with Gasteiger partial charge in [-0.1, -0.05) is 26.0 Å². The number of benzene rings is 1. The van der Waals surface area contributed by atoms with Gasteiger partial charge < -0.3 is 4.74 Å². The summed E-state index contributed by atoms with van der Waals surface area (Å²) in [7, 11) is 1.63. The lowest BCUT2D eigenvalue weighted by Crippen LogP contribution is -1.87. The molecule has 0 saturated heterocycles. The van der Waals surface area contributed by atoms with Gasteiger partial charge in [0.2, 0.25) is 0 Å². The van der Waals surface area contributed by atoms with Crippen molar-refractivity contribution in [3.05, 3.63) is 48.3 Å². The van der Waals surface area contributed by atoms with E-state index in [1.807, 2.05) is 44.2 Å². The van der Waals surface area contributed by atoms with Crippen LogP contribution >= 0.6 is 0 Å². The molecule has 2 rings (SSSR count). The summed E-state index contributed by atoms with van der Waals surface area (Å²) < 4.78 is 5.08. The van der Waals surface area contributed by atoms with Gasteiger partial charge in [-0.05, 0) is 35.4 Å². The number of nitrogens with zero attached hydrogens (tertiary/aromatic N) is 1. The molecule has 0 aliphatic rings. The van der Waals surface area contributed by atoms with Crippen LogP contribution in [0.2, 0.25) is 0 Å². The molecule has 2 aromatic rings. The highest BCUT2D eigenvalue weighted by Gasteiger charge is 2.00. The molecular formula is C15H17NO2. The molecule has 3 nitrogen and oxygen atoms in total. The summed E-state index contributed by atoms with van der Waals surface area (Å²) in [6, 6.07) is 11.3. The van der Waals surface area contributed by atoms with E-state index in [-0.39, 0.29) is 0 Å². The van der Waals surface area contributed by atoms with Gasteiger partial charge in [0.05, 0.1) is 7.11 Å². The van der Waals surface area contributed by atoms with Crippen LogP contribution < -0.4 is 4.74 Å². The van der Waals surface area contributed by atoms with E-state index in [9.17, 15) is 4.79 Å². The van der Waals surface area contributed by atoms with Gasteiger partial charge >= 0.3 is 0 Å². The summed E-state index contributed by atoms with van der Waals surface area (Å²) in [5, 5.41) is 0. The summed E-state index contributed by atoms with van der Waals surface area (Å²) in [6.45, 7) is 4.00. The van der Waals surface area contributed by atoms with Crippen LogP contribution in [0.3, 0.4) is 0 Å². The number of hydrogen-bond acceptors (Lipinski definition) is 3. The van der Waals surface area contributed by atoms with Gasteiger partial charge in [0.25, 0.3) is 0 Å². The molecule has 0 N–H and O–H groups in total. The third-order valence-corrected chi connectivity index (χ3v) is 2.33. The van der Waals surface area contributed by atoms with Crippen LogP contribution in [0.25, 0.3) is 11.1 Å². The van der Waals surface area contributed by atoms with Crippen LogP contribution in [0, 0.1) is 0 Å². The van der Waals surface area contributed by atoms with Crippen LogP contribution in [0.5, 0.6) is 5.75 Å². The minimum atomic E-state index is 0.438. The summed E-state index contributed by atoms with van der Waals surface area (Å²) >= 11 is 0. The molecule has 1 aromatic carbocycles. The number of methoxy groups -OCH3 is 1. The average molecular weight is 243 g/mol. The zero-order valence-electron chi connectivity index (χ0n) is 10.9. The van der Waals surface area contributed by atoms with E-state index >= 15 is 0 Å². The number of carbonyl (C=O) groups excluding carboxylic acids is 1. The lowest BCUT2D eigenvalue weighted by atomic mass is 10.1. The van der Waals surface area contributed by atoms with Crippen molar-refractivity contribution in [2.45, 2.75) is 13.8 Å². The first-order valence-corrected chi connectivity index (χ1v) is 5.89. The first kappa shape index (κ1) is 13.9. The first-order valence-electron chi connectivity index (χ1n) is 5.89. The maximum atomic E-state index is 10.6. The summed E-state index contributed by atoms with van der Waals surface area (Å²) in [5.41, 5.74) is 2.44. The first-order chi connectivity index (χ1) is 8.83. The maximum Gasteiger partial charge on any atom is 0.168 e. The highest BCUT2D eigenvalue weighted by atomic mass is 16.5. The van der Waals surface area contributed by atoms with Crippen molar-refractivity contribution >= 4 is 6.29 Å². The molecule has 0 atom stereocenters. The Morgan fingerprint density at radius 2 is 1.72 bits per heavy atom. The Bertz CT molecular complexity index is 492. The van der Waals surface area contributed by atoms with Gasteiger partial charge in [-0.15, -0.1) is 0 Å². The fraction of sp³-hybridized carbons (Fsp3) is 0.200. The van der Waals surface area contributed by atoms with Crippen LogP contribution in [0.1, 0.15) is 24.3 Å². The number of ether oxygens (including phenoxy) is 1. The topological polar surface area (TPSA) is 39.2 Å². The molecule has 0 amide bonds. The maximum absolute atomic E-state index is 10.6. The van der Waals surface area contributed by atoms with Crippen molar-refractivity contribution in [2.24, 2.45) is 0 Å². The molecule has 3 heteroatoms. The highest BCUT2D eigenvalue weighted by Crippen LogP contribution is 2.21. The fourth-order valence-corrected chi connectivity index (χ4v) is 1.48. The molecule has 0 fully saturated rings. The monoisotopic (exact) mass is 243 g/mol. The quantitative estimate of drug-likeness (QED) is 0.773. The van der Waals surface area contributed by atoms with Gasteiger partial charge in [-0.3, -0.25) is 9.78 Å². The number of carbonyl (C=O) groups is 1. The van der Waals surface area contributed by atoms with E-state index in [0.29, 0.717) is 5.69 Å². The summed E-state index contributed by atoms with van der Waals surface area (Å²) in [6.07, 6.45) is 2.37. The molecule has 18 heavy (non-hydrogen) atoms. The Labute approximate surface area is 107 Å². The average Bonchev–Trinajstić information content (AvgIpc) is 2.49. The third-order valence-electron chi connectivity index (χ3n) is 2.33. The van der Waals surface area contributed by atoms with E-state index in [0.717, 1.165) is 23.2 Å². The number of pyridine rings is 1. The van der Waals surface area contributed by atoms with Crippen LogP contribution in [-0.2, 0) is 0 Å². The molecule has 0 aliphatic heterocycles. The van der Waals surface area contributed by atoms with Gasteiger partial charge in [0.1, 0.15) is 11.4 Å². The predicted molar refractivity (Wildman–Crippen MR) is 73.0 cm³/mol. The van der Waals surface area contributed by atoms with Gasteiger partial charge in [0.15, 0.2) is 6.29 Å². The summed E-state index contributed by atoms with van der Waals surface area (Å²) in [4.78, 5) is 14.5. The summed E-state index contributed by atoms with van der Waals surface area (Å²) in [5.74, 6) is 0.813. The van der Waals surface area contributed by atoms with Crippen molar-refractivity contribution in [1.82, 2.24) is 4.98 Å². The van der Waals surface area contributed by atoms with E-state index in [4.69, 9.17) is 4.74 Å². The zero-order chi connectivity index (χ0) is 13.4. The SMILES string of the molecule is CC.COc1ccc(-c2ccnc(C=O)c2)cc1. The van der Waals surface area contributed by atoms with Gasteiger partial charge in [-0.25, -0.2) is 0 Å². The zero-order valence-corrected chi connectivity index (χ0v) is 10.9. The molecule has 0 saturated carbocycles. The lowest BCUT2D eigenvalue weighted by Gasteiger charge is -2.03. The second-order valence-corrected chi connectivity index (χ2v) is 3.32. The number of aldehydes is 1. The van der Waals surface area contributed by atoms with Crippen LogP contribution in [0.4, 0.5) is 0 Å². The van der Waals surface area contributed by atoms with Crippen molar-refractivity contribution in [3.8, 4) is 16.9 Å². The third kappa shape index (κ3) is 3.42. The van der Waals surface area contributed by atoms with Crippen molar-refractivity contribution < 1.29 is 9.53 Å². The van der Waals surface area contributed by atoms with E-state index in [2.05, 4.69) is 4.98 Å². The highest BCUT2D eigenvalue weighted by molar-refractivity contribution is 5.76. The minimum absolute atomic E-state index is 0.438. The lowest BCUT2D eigenvalue weighted by molar-refractivity contribution is 0.111. The molecular weight excluding hydrogens is 226 g/mol. The van der Waals surface area contributed by atoms with Crippen molar-refractivity contribution in [3.63, 3.8) is 0 Å². The number of aromatic nitrogens is 1. The number of rotatable bonds is 3. The van der Waals surface area contributed by atoms with E-state index in [1.54, 1.807) is 19.4 Å². The minimum Gasteiger partial charge on any atom is -0.497 e. The molecule has 1 aromatic heterocycles. The van der Waals surface area contributed by atoms with Crippen molar-refractivity contribution in [1.29, 1.82) is 0 Å².